The van der Waals surface area contributed by atoms with Gasteiger partial charge in [-0.2, -0.15) is 5.26 Å². The Kier molecular flexibility index (Phi) is 4.72. The molecule has 0 saturated carbocycles. The van der Waals surface area contributed by atoms with Crippen LogP contribution >= 0.6 is 0 Å². The molecule has 0 radical (unpaired) electrons. The first-order valence-corrected chi connectivity index (χ1v) is 6.99. The van der Waals surface area contributed by atoms with E-state index in [1.165, 1.54) is 12.1 Å². The summed E-state index contributed by atoms with van der Waals surface area (Å²) in [5, 5.41) is 22.5. The predicted molar refractivity (Wildman–Crippen MR) is 84.9 cm³/mol. The zero-order chi connectivity index (χ0) is 17.0. The molecule has 2 aromatic rings. The molecule has 1 amide bonds. The summed E-state index contributed by atoms with van der Waals surface area (Å²) in [6.45, 7) is 3.37. The molecule has 2 rings (SSSR count). The van der Waals surface area contributed by atoms with Crippen molar-refractivity contribution in [2.75, 3.05) is 0 Å². The van der Waals surface area contributed by atoms with E-state index in [-0.39, 0.29) is 23.2 Å². The van der Waals surface area contributed by atoms with E-state index >= 15 is 0 Å². The highest BCUT2D eigenvalue weighted by atomic mass is 16.6. The van der Waals surface area contributed by atoms with Gasteiger partial charge >= 0.3 is 0 Å². The highest BCUT2D eigenvalue weighted by molar-refractivity contribution is 5.96. The molecule has 1 unspecified atom stereocenters. The number of nitro benzene ring substituents is 1. The molecule has 0 aliphatic rings. The van der Waals surface area contributed by atoms with Crippen LogP contribution in [0.15, 0.2) is 42.5 Å². The van der Waals surface area contributed by atoms with E-state index in [4.69, 9.17) is 5.26 Å². The van der Waals surface area contributed by atoms with Crippen molar-refractivity contribution >= 4 is 11.6 Å². The average molecular weight is 309 g/mol. The van der Waals surface area contributed by atoms with Crippen LogP contribution in [0.2, 0.25) is 0 Å². The second-order valence-electron chi connectivity index (χ2n) is 5.14. The molecule has 0 spiro atoms. The fourth-order valence-corrected chi connectivity index (χ4v) is 2.27. The number of nitriles is 1. The van der Waals surface area contributed by atoms with Gasteiger partial charge in [-0.15, -0.1) is 0 Å². The van der Waals surface area contributed by atoms with Gasteiger partial charge in [0.25, 0.3) is 11.6 Å². The predicted octanol–water partition coefficient (Wildman–Crippen LogP) is 3.27. The summed E-state index contributed by atoms with van der Waals surface area (Å²) >= 11 is 0. The second-order valence-corrected chi connectivity index (χ2v) is 5.14. The van der Waals surface area contributed by atoms with E-state index in [1.807, 2.05) is 13.0 Å². The Balaban J connectivity index is 2.20. The van der Waals surface area contributed by atoms with Gasteiger partial charge in [-0.3, -0.25) is 14.9 Å². The third-order valence-electron chi connectivity index (χ3n) is 3.63. The van der Waals surface area contributed by atoms with Crippen molar-refractivity contribution < 1.29 is 9.72 Å². The van der Waals surface area contributed by atoms with Gasteiger partial charge in [0, 0.05) is 17.2 Å². The molecule has 0 heterocycles. The van der Waals surface area contributed by atoms with Gasteiger partial charge in [0.2, 0.25) is 0 Å². The average Bonchev–Trinajstić information content (AvgIpc) is 2.54. The molecule has 2 aromatic carbocycles. The van der Waals surface area contributed by atoms with Crippen molar-refractivity contribution in [3.05, 3.63) is 74.8 Å². The van der Waals surface area contributed by atoms with E-state index in [2.05, 4.69) is 5.32 Å². The second kappa shape index (κ2) is 6.71. The Labute approximate surface area is 133 Å². The summed E-state index contributed by atoms with van der Waals surface area (Å²) in [6.07, 6.45) is 0. The Morgan fingerprint density at radius 3 is 2.48 bits per heavy atom. The molecule has 1 atom stereocenters. The first-order chi connectivity index (χ1) is 10.9. The van der Waals surface area contributed by atoms with E-state index < -0.39 is 4.92 Å². The summed E-state index contributed by atoms with van der Waals surface area (Å²) in [5.41, 5.74) is 1.92. The topological polar surface area (TPSA) is 96.0 Å². The number of hydrogen-bond donors (Lipinski definition) is 1. The summed E-state index contributed by atoms with van der Waals surface area (Å²) in [4.78, 5) is 22.8. The Morgan fingerprint density at radius 1 is 1.26 bits per heavy atom. The zero-order valence-electron chi connectivity index (χ0n) is 12.7. The van der Waals surface area contributed by atoms with Crippen LogP contribution in [0.4, 0.5) is 5.69 Å². The molecule has 23 heavy (non-hydrogen) atoms. The van der Waals surface area contributed by atoms with Crippen LogP contribution in [0.25, 0.3) is 0 Å². The van der Waals surface area contributed by atoms with E-state index in [0.29, 0.717) is 11.1 Å². The van der Waals surface area contributed by atoms with Crippen LogP contribution in [-0.2, 0) is 0 Å². The highest BCUT2D eigenvalue weighted by Gasteiger charge is 2.19. The molecule has 6 heteroatoms. The van der Waals surface area contributed by atoms with Crippen molar-refractivity contribution in [2.24, 2.45) is 0 Å². The lowest BCUT2D eigenvalue weighted by Gasteiger charge is -2.15. The summed E-state index contributed by atoms with van der Waals surface area (Å²) in [5.74, 6) is -0.372. The third kappa shape index (κ3) is 3.52. The molecular weight excluding hydrogens is 294 g/mol. The smallest absolute Gasteiger partial charge is 0.273 e. The maximum Gasteiger partial charge on any atom is 0.273 e. The largest absolute Gasteiger partial charge is 0.346 e. The fourth-order valence-electron chi connectivity index (χ4n) is 2.27. The standard InChI is InChI=1S/C17H15N3O3/c1-11-15(4-3-5-16(11)20(22)23)17(21)19-12(2)14-8-6-13(10-18)7-9-14/h3-9,12H,1-2H3,(H,19,21). The van der Waals surface area contributed by atoms with Gasteiger partial charge in [-0.05, 0) is 37.6 Å². The minimum absolute atomic E-state index is 0.0799. The monoisotopic (exact) mass is 309 g/mol. The Hall–Kier alpha value is -3.20. The normalized spacial score (nSPS) is 11.3. The lowest BCUT2D eigenvalue weighted by Crippen LogP contribution is -2.27. The Morgan fingerprint density at radius 2 is 1.91 bits per heavy atom. The van der Waals surface area contributed by atoms with Gasteiger partial charge in [0.1, 0.15) is 0 Å². The Bertz CT molecular complexity index is 792. The first-order valence-electron chi connectivity index (χ1n) is 6.99. The van der Waals surface area contributed by atoms with Crippen LogP contribution in [0.3, 0.4) is 0 Å². The maximum atomic E-state index is 12.4. The van der Waals surface area contributed by atoms with Gasteiger partial charge in [-0.25, -0.2) is 0 Å². The van der Waals surface area contributed by atoms with Gasteiger partial charge in [-0.1, -0.05) is 18.2 Å². The third-order valence-corrected chi connectivity index (χ3v) is 3.63. The number of carbonyl (C=O) groups excluding carboxylic acids is 1. The number of hydrogen-bond acceptors (Lipinski definition) is 4. The molecule has 6 nitrogen and oxygen atoms in total. The SMILES string of the molecule is Cc1c(C(=O)NC(C)c2ccc(C#N)cc2)cccc1[N+](=O)[O-]. The molecule has 0 bridgehead atoms. The van der Waals surface area contributed by atoms with Crippen LogP contribution in [0, 0.1) is 28.4 Å². The van der Waals surface area contributed by atoms with Crippen LogP contribution in [-0.4, -0.2) is 10.8 Å². The van der Waals surface area contributed by atoms with Gasteiger partial charge < -0.3 is 5.32 Å². The molecule has 0 fully saturated rings. The molecule has 0 aromatic heterocycles. The summed E-state index contributed by atoms with van der Waals surface area (Å²) < 4.78 is 0. The van der Waals surface area contributed by atoms with Crippen molar-refractivity contribution in [1.82, 2.24) is 5.32 Å². The quantitative estimate of drug-likeness (QED) is 0.692. The molecule has 1 N–H and O–H groups in total. The van der Waals surface area contributed by atoms with Crippen LogP contribution < -0.4 is 5.32 Å². The molecule has 0 aliphatic carbocycles. The number of rotatable bonds is 4. The van der Waals surface area contributed by atoms with Crippen molar-refractivity contribution in [2.45, 2.75) is 19.9 Å². The van der Waals surface area contributed by atoms with Crippen LogP contribution in [0.5, 0.6) is 0 Å². The van der Waals surface area contributed by atoms with E-state index in [1.54, 1.807) is 37.3 Å². The van der Waals surface area contributed by atoms with Gasteiger partial charge in [0.15, 0.2) is 0 Å². The summed E-state index contributed by atoms with van der Waals surface area (Å²) in [6, 6.07) is 13.1. The van der Waals surface area contributed by atoms with E-state index in [0.717, 1.165) is 5.56 Å². The molecule has 0 aliphatic heterocycles. The molecular formula is C17H15N3O3. The minimum Gasteiger partial charge on any atom is -0.346 e. The number of benzene rings is 2. The number of nitrogens with zero attached hydrogens (tertiary/aromatic N) is 2. The van der Waals surface area contributed by atoms with Crippen LogP contribution in [0.1, 0.15) is 40.0 Å². The van der Waals surface area contributed by atoms with Crippen molar-refractivity contribution in [1.29, 1.82) is 5.26 Å². The first kappa shape index (κ1) is 16.2. The number of nitro groups is 1. The van der Waals surface area contributed by atoms with Crippen molar-refractivity contribution in [3.63, 3.8) is 0 Å². The fraction of sp³-hybridized carbons (Fsp3) is 0.176. The summed E-state index contributed by atoms with van der Waals surface area (Å²) in [7, 11) is 0. The van der Waals surface area contributed by atoms with E-state index in [9.17, 15) is 14.9 Å². The lowest BCUT2D eigenvalue weighted by molar-refractivity contribution is -0.385. The van der Waals surface area contributed by atoms with Crippen molar-refractivity contribution in [3.8, 4) is 6.07 Å². The molecule has 116 valence electrons. The minimum atomic E-state index is -0.504. The number of carbonyl (C=O) groups is 1. The zero-order valence-corrected chi connectivity index (χ0v) is 12.7. The maximum absolute atomic E-state index is 12.4. The number of nitrogens with one attached hydrogen (secondary N) is 1. The highest BCUT2D eigenvalue weighted by Crippen LogP contribution is 2.22. The molecule has 0 saturated heterocycles. The lowest BCUT2D eigenvalue weighted by atomic mass is 10.0. The van der Waals surface area contributed by atoms with Gasteiger partial charge in [0.05, 0.1) is 22.6 Å². The number of amides is 1.